The Balaban J connectivity index is 1.77. The maximum Gasteiger partial charge on any atom is 0.0623 e. The highest BCUT2D eigenvalue weighted by Crippen LogP contribution is 2.48. The zero-order valence-corrected chi connectivity index (χ0v) is 13.0. The maximum absolute atomic E-state index is 9.64. The van der Waals surface area contributed by atoms with Crippen LogP contribution in [0, 0.1) is 17.8 Å². The van der Waals surface area contributed by atoms with Crippen LogP contribution in [-0.2, 0) is 0 Å². The lowest BCUT2D eigenvalue weighted by atomic mass is 9.88. The maximum atomic E-state index is 9.64. The number of rotatable bonds is 8. The van der Waals surface area contributed by atoms with Crippen LogP contribution in [0.3, 0.4) is 0 Å². The summed E-state index contributed by atoms with van der Waals surface area (Å²) in [6, 6.07) is 0. The lowest BCUT2D eigenvalue weighted by Gasteiger charge is -2.35. The molecule has 0 radical (unpaired) electrons. The molecular formula is C16H32N2O. The highest BCUT2D eigenvalue weighted by molar-refractivity contribution is 4.92. The van der Waals surface area contributed by atoms with Crippen molar-refractivity contribution < 1.29 is 5.11 Å². The van der Waals surface area contributed by atoms with Crippen molar-refractivity contribution in [1.29, 1.82) is 0 Å². The molecule has 3 nitrogen and oxygen atoms in total. The summed E-state index contributed by atoms with van der Waals surface area (Å²) in [5.41, 5.74) is -0.150. The van der Waals surface area contributed by atoms with Crippen LogP contribution in [-0.4, -0.2) is 48.8 Å². The van der Waals surface area contributed by atoms with Crippen LogP contribution in [0.4, 0.5) is 0 Å². The average Bonchev–Trinajstić information content (AvgIpc) is 2.98. The molecule has 112 valence electrons. The first-order valence-electron chi connectivity index (χ1n) is 8.10. The molecule has 0 aromatic carbocycles. The number of fused-ring (bicyclic) bond motifs is 2. The summed E-state index contributed by atoms with van der Waals surface area (Å²) in [6.07, 6.45) is 7.01. The molecule has 2 aliphatic rings. The highest BCUT2D eigenvalue weighted by atomic mass is 16.3. The standard InChI is InChI=1S/C16H32N2O/c1-4-7-17-16(2,12-19)11-18(3)10-15-9-13-5-6-14(15)8-13/h13-15,17,19H,4-12H2,1-3H3. The first kappa shape index (κ1) is 15.3. The number of aliphatic hydroxyl groups excluding tert-OH is 1. The summed E-state index contributed by atoms with van der Waals surface area (Å²) in [6.45, 7) is 7.67. The minimum absolute atomic E-state index is 0.150. The van der Waals surface area contributed by atoms with E-state index in [4.69, 9.17) is 0 Å². The lowest BCUT2D eigenvalue weighted by Crippen LogP contribution is -2.54. The number of aliphatic hydroxyl groups is 1. The van der Waals surface area contributed by atoms with E-state index in [1.165, 1.54) is 32.2 Å². The Kier molecular flexibility index (Phi) is 5.27. The van der Waals surface area contributed by atoms with Crippen molar-refractivity contribution in [2.24, 2.45) is 17.8 Å². The van der Waals surface area contributed by atoms with Gasteiger partial charge in [0.2, 0.25) is 0 Å². The van der Waals surface area contributed by atoms with Crippen molar-refractivity contribution in [2.45, 2.75) is 51.5 Å². The molecule has 2 rings (SSSR count). The van der Waals surface area contributed by atoms with Crippen molar-refractivity contribution in [3.8, 4) is 0 Å². The molecule has 4 atom stereocenters. The van der Waals surface area contributed by atoms with Gasteiger partial charge in [0.1, 0.15) is 0 Å². The van der Waals surface area contributed by atoms with Crippen LogP contribution in [0.1, 0.15) is 46.0 Å². The first-order valence-corrected chi connectivity index (χ1v) is 8.10. The SMILES string of the molecule is CCCNC(C)(CO)CN(C)CC1CC2CCC1C2. The van der Waals surface area contributed by atoms with Crippen LogP contribution in [0.25, 0.3) is 0 Å². The number of hydrogen-bond donors (Lipinski definition) is 2. The van der Waals surface area contributed by atoms with E-state index < -0.39 is 0 Å². The van der Waals surface area contributed by atoms with E-state index in [9.17, 15) is 5.11 Å². The molecule has 0 heterocycles. The van der Waals surface area contributed by atoms with Gasteiger partial charge in [-0.2, -0.15) is 0 Å². The smallest absolute Gasteiger partial charge is 0.0623 e. The lowest BCUT2D eigenvalue weighted by molar-refractivity contribution is 0.117. The molecule has 2 aliphatic carbocycles. The molecule has 2 fully saturated rings. The van der Waals surface area contributed by atoms with Crippen molar-refractivity contribution in [3.63, 3.8) is 0 Å². The van der Waals surface area contributed by atoms with Crippen molar-refractivity contribution >= 4 is 0 Å². The van der Waals surface area contributed by atoms with E-state index in [1.54, 1.807) is 0 Å². The summed E-state index contributed by atoms with van der Waals surface area (Å²) in [4.78, 5) is 2.43. The molecule has 19 heavy (non-hydrogen) atoms. The van der Waals surface area contributed by atoms with Gasteiger partial charge in [-0.3, -0.25) is 0 Å². The molecule has 0 aromatic rings. The summed E-state index contributed by atoms with van der Waals surface area (Å²) in [5.74, 6) is 2.94. The normalized spacial score (nSPS) is 33.0. The summed E-state index contributed by atoms with van der Waals surface area (Å²) in [7, 11) is 2.22. The van der Waals surface area contributed by atoms with Crippen LogP contribution < -0.4 is 5.32 Å². The fourth-order valence-corrected chi connectivity index (χ4v) is 4.25. The minimum Gasteiger partial charge on any atom is -0.394 e. The van der Waals surface area contributed by atoms with Crippen LogP contribution in [0.2, 0.25) is 0 Å². The molecule has 0 aromatic heterocycles. The molecule has 2 N–H and O–H groups in total. The Morgan fingerprint density at radius 1 is 1.32 bits per heavy atom. The second-order valence-corrected chi connectivity index (χ2v) is 7.28. The van der Waals surface area contributed by atoms with Gasteiger partial charge < -0.3 is 15.3 Å². The molecule has 2 bridgehead atoms. The molecule has 0 amide bonds. The molecule has 0 aliphatic heterocycles. The van der Waals surface area contributed by atoms with Crippen molar-refractivity contribution in [2.75, 3.05) is 33.3 Å². The van der Waals surface area contributed by atoms with E-state index in [0.29, 0.717) is 0 Å². The van der Waals surface area contributed by atoms with Gasteiger partial charge in [0.15, 0.2) is 0 Å². The van der Waals surface area contributed by atoms with Crippen molar-refractivity contribution in [3.05, 3.63) is 0 Å². The number of likely N-dealkylation sites (N-methyl/N-ethyl adjacent to an activating group) is 1. The Hall–Kier alpha value is -0.120. The van der Waals surface area contributed by atoms with Gasteiger partial charge in [-0.15, -0.1) is 0 Å². The molecule has 2 saturated carbocycles. The topological polar surface area (TPSA) is 35.5 Å². The zero-order valence-electron chi connectivity index (χ0n) is 13.0. The van der Waals surface area contributed by atoms with Gasteiger partial charge in [-0.25, -0.2) is 0 Å². The highest BCUT2D eigenvalue weighted by Gasteiger charge is 2.40. The van der Waals surface area contributed by atoms with Crippen molar-refractivity contribution in [1.82, 2.24) is 10.2 Å². The van der Waals surface area contributed by atoms with Gasteiger partial charge in [0, 0.05) is 13.1 Å². The van der Waals surface area contributed by atoms with E-state index in [0.717, 1.165) is 37.3 Å². The molecular weight excluding hydrogens is 236 g/mol. The van der Waals surface area contributed by atoms with E-state index >= 15 is 0 Å². The monoisotopic (exact) mass is 268 g/mol. The second kappa shape index (κ2) is 6.55. The predicted octanol–water partition coefficient (Wildman–Crippen LogP) is 2.10. The fourth-order valence-electron chi connectivity index (χ4n) is 4.25. The fraction of sp³-hybridized carbons (Fsp3) is 1.00. The van der Waals surface area contributed by atoms with Gasteiger partial charge in [0.05, 0.1) is 12.1 Å². The van der Waals surface area contributed by atoms with Crippen LogP contribution in [0.5, 0.6) is 0 Å². The number of nitrogens with one attached hydrogen (secondary N) is 1. The van der Waals surface area contributed by atoms with Gasteiger partial charge in [-0.1, -0.05) is 13.3 Å². The van der Waals surface area contributed by atoms with E-state index in [1.807, 2.05) is 0 Å². The zero-order chi connectivity index (χ0) is 13.9. The largest absolute Gasteiger partial charge is 0.394 e. The Labute approximate surface area is 118 Å². The van der Waals surface area contributed by atoms with Crippen LogP contribution >= 0.6 is 0 Å². The predicted molar refractivity (Wildman–Crippen MR) is 80.2 cm³/mol. The molecule has 0 saturated heterocycles. The Morgan fingerprint density at radius 3 is 2.63 bits per heavy atom. The van der Waals surface area contributed by atoms with Gasteiger partial charge in [-0.05, 0) is 64.0 Å². The van der Waals surface area contributed by atoms with Crippen LogP contribution in [0.15, 0.2) is 0 Å². The Morgan fingerprint density at radius 2 is 2.11 bits per heavy atom. The molecule has 0 spiro atoms. The third-order valence-electron chi connectivity index (χ3n) is 5.20. The molecule has 3 heteroatoms. The summed E-state index contributed by atoms with van der Waals surface area (Å²) < 4.78 is 0. The second-order valence-electron chi connectivity index (χ2n) is 7.28. The Bertz CT molecular complexity index is 284. The average molecular weight is 268 g/mol. The van der Waals surface area contributed by atoms with E-state index in [2.05, 4.69) is 31.1 Å². The van der Waals surface area contributed by atoms with Gasteiger partial charge >= 0.3 is 0 Å². The number of nitrogens with zero attached hydrogens (tertiary/aromatic N) is 1. The third kappa shape index (κ3) is 3.93. The quantitative estimate of drug-likeness (QED) is 0.708. The van der Waals surface area contributed by atoms with Gasteiger partial charge in [0.25, 0.3) is 0 Å². The first-order chi connectivity index (χ1) is 9.06. The summed E-state index contributed by atoms with van der Waals surface area (Å²) >= 11 is 0. The summed E-state index contributed by atoms with van der Waals surface area (Å²) in [5, 5.41) is 13.1. The van der Waals surface area contributed by atoms with E-state index in [-0.39, 0.29) is 12.1 Å². The minimum atomic E-state index is -0.150. The number of hydrogen-bond acceptors (Lipinski definition) is 3. The molecule has 4 unspecified atom stereocenters. The third-order valence-corrected chi connectivity index (χ3v) is 5.20.